The van der Waals surface area contributed by atoms with Crippen LogP contribution in [0.4, 0.5) is 0 Å². The maximum absolute atomic E-state index is 13.0. The lowest BCUT2D eigenvalue weighted by molar-refractivity contribution is -0.126. The molecule has 1 amide bonds. The van der Waals surface area contributed by atoms with E-state index in [1.165, 1.54) is 28.3 Å². The average Bonchev–Trinajstić information content (AvgIpc) is 2.81. The van der Waals surface area contributed by atoms with Gasteiger partial charge in [-0.1, -0.05) is 47.5 Å². The molecule has 1 aliphatic carbocycles. The number of nitrogens with one attached hydrogen (secondary N) is 1. The first-order chi connectivity index (χ1) is 15.7. The van der Waals surface area contributed by atoms with Gasteiger partial charge in [-0.05, 0) is 79.8 Å². The average molecular weight is 509 g/mol. The first-order valence-electron chi connectivity index (χ1n) is 11.6. The summed E-state index contributed by atoms with van der Waals surface area (Å²) in [7, 11) is -3.57. The molecule has 0 radical (unpaired) electrons. The molecule has 0 spiro atoms. The van der Waals surface area contributed by atoms with Crippen molar-refractivity contribution in [1.29, 1.82) is 0 Å². The van der Waals surface area contributed by atoms with Gasteiger partial charge >= 0.3 is 0 Å². The summed E-state index contributed by atoms with van der Waals surface area (Å²) >= 11 is 12.0. The van der Waals surface area contributed by atoms with Gasteiger partial charge in [0.2, 0.25) is 15.9 Å². The van der Waals surface area contributed by atoms with Crippen LogP contribution in [-0.4, -0.2) is 31.7 Å². The lowest BCUT2D eigenvalue weighted by Crippen LogP contribution is -2.46. The number of hydrogen-bond acceptors (Lipinski definition) is 3. The zero-order valence-electron chi connectivity index (χ0n) is 18.8. The van der Waals surface area contributed by atoms with Crippen molar-refractivity contribution in [1.82, 2.24) is 9.62 Å². The van der Waals surface area contributed by atoms with E-state index in [2.05, 4.69) is 23.5 Å². The quantitative estimate of drug-likeness (QED) is 0.576. The van der Waals surface area contributed by atoms with E-state index in [-0.39, 0.29) is 30.2 Å². The highest BCUT2D eigenvalue weighted by Crippen LogP contribution is 2.28. The van der Waals surface area contributed by atoms with Crippen LogP contribution in [0.2, 0.25) is 10.0 Å². The number of piperidine rings is 1. The zero-order chi connectivity index (χ0) is 23.6. The molecule has 2 aromatic rings. The summed E-state index contributed by atoms with van der Waals surface area (Å²) in [6.07, 6.45) is 6.02. The van der Waals surface area contributed by atoms with E-state index in [0.29, 0.717) is 35.0 Å². The number of fused-ring (bicyclic) bond motifs is 1. The van der Waals surface area contributed by atoms with Gasteiger partial charge in [-0.3, -0.25) is 4.79 Å². The van der Waals surface area contributed by atoms with E-state index in [4.69, 9.17) is 23.2 Å². The molecule has 2 aliphatic rings. The molecule has 1 fully saturated rings. The second kappa shape index (κ2) is 10.3. The number of aryl methyl sites for hydroxylation is 2. The van der Waals surface area contributed by atoms with Gasteiger partial charge in [-0.15, -0.1) is 0 Å². The number of hydrogen-bond donors (Lipinski definition) is 1. The molecule has 2 aromatic carbocycles. The predicted molar refractivity (Wildman–Crippen MR) is 133 cm³/mol. The number of carbonyl (C=O) groups excluding carboxylic acids is 1. The van der Waals surface area contributed by atoms with Gasteiger partial charge in [-0.25, -0.2) is 12.7 Å². The summed E-state index contributed by atoms with van der Waals surface area (Å²) in [4.78, 5) is 13.0. The number of sulfonamides is 1. The fraction of sp³-hybridized carbons (Fsp3) is 0.480. The molecule has 0 aromatic heterocycles. The van der Waals surface area contributed by atoms with Crippen LogP contribution in [0.5, 0.6) is 0 Å². The van der Waals surface area contributed by atoms with Crippen molar-refractivity contribution in [3.05, 3.63) is 68.7 Å². The first kappa shape index (κ1) is 24.5. The van der Waals surface area contributed by atoms with Crippen molar-refractivity contribution < 1.29 is 13.2 Å². The third-order valence-corrected chi connectivity index (χ3v) is 9.27. The Bertz CT molecular complexity index is 1140. The van der Waals surface area contributed by atoms with Crippen molar-refractivity contribution in [3.63, 3.8) is 0 Å². The summed E-state index contributed by atoms with van der Waals surface area (Å²) in [6, 6.07) is 11.2. The normalized spacial score (nSPS) is 20.2. The summed E-state index contributed by atoms with van der Waals surface area (Å²) in [5.41, 5.74) is 4.48. The van der Waals surface area contributed by atoms with Crippen LogP contribution in [0.25, 0.3) is 0 Å². The molecule has 0 bridgehead atoms. The number of benzene rings is 2. The zero-order valence-corrected chi connectivity index (χ0v) is 21.1. The fourth-order valence-electron chi connectivity index (χ4n) is 4.78. The van der Waals surface area contributed by atoms with Gasteiger partial charge in [-0.2, -0.15) is 0 Å². The molecule has 4 rings (SSSR count). The molecule has 178 valence electrons. The third-order valence-electron chi connectivity index (χ3n) is 6.71. The molecule has 2 atom stereocenters. The van der Waals surface area contributed by atoms with Crippen LogP contribution in [0, 0.1) is 5.92 Å². The van der Waals surface area contributed by atoms with Crippen molar-refractivity contribution in [2.45, 2.75) is 57.2 Å². The van der Waals surface area contributed by atoms with Crippen LogP contribution < -0.4 is 5.32 Å². The van der Waals surface area contributed by atoms with Crippen molar-refractivity contribution >= 4 is 39.1 Å². The largest absolute Gasteiger partial charge is 0.349 e. The summed E-state index contributed by atoms with van der Waals surface area (Å²) in [6.45, 7) is 2.62. The van der Waals surface area contributed by atoms with E-state index in [9.17, 15) is 13.2 Å². The Kier molecular flexibility index (Phi) is 7.69. The number of rotatable bonds is 6. The molecule has 5 nitrogen and oxygen atoms in total. The van der Waals surface area contributed by atoms with E-state index in [1.54, 1.807) is 18.2 Å². The lowest BCUT2D eigenvalue weighted by Gasteiger charge is -2.32. The maximum Gasteiger partial charge on any atom is 0.224 e. The van der Waals surface area contributed by atoms with E-state index < -0.39 is 10.0 Å². The van der Waals surface area contributed by atoms with Gasteiger partial charge in [0.05, 0.1) is 27.8 Å². The first-order valence-corrected chi connectivity index (χ1v) is 13.9. The Labute approximate surface area is 206 Å². The minimum atomic E-state index is -3.57. The Hall–Kier alpha value is -1.60. The maximum atomic E-state index is 13.0. The molecule has 1 aliphatic heterocycles. The molecule has 8 heteroatoms. The minimum Gasteiger partial charge on any atom is -0.349 e. The van der Waals surface area contributed by atoms with Crippen LogP contribution in [0.15, 0.2) is 36.4 Å². The second-order valence-corrected chi connectivity index (χ2v) is 12.0. The van der Waals surface area contributed by atoms with Crippen LogP contribution >= 0.6 is 23.2 Å². The molecule has 1 N–H and O–H groups in total. The molecule has 1 heterocycles. The van der Waals surface area contributed by atoms with Crippen molar-refractivity contribution in [2.75, 3.05) is 13.1 Å². The molecule has 0 unspecified atom stereocenters. The highest BCUT2D eigenvalue weighted by molar-refractivity contribution is 7.88. The van der Waals surface area contributed by atoms with Gasteiger partial charge in [0, 0.05) is 13.1 Å². The summed E-state index contributed by atoms with van der Waals surface area (Å²) < 4.78 is 27.5. The lowest BCUT2D eigenvalue weighted by atomic mass is 9.89. The Balaban J connectivity index is 1.39. The number of carbonyl (C=O) groups is 1. The van der Waals surface area contributed by atoms with Gasteiger partial charge in [0.15, 0.2) is 0 Å². The summed E-state index contributed by atoms with van der Waals surface area (Å²) in [5, 5.41) is 3.83. The smallest absolute Gasteiger partial charge is 0.224 e. The van der Waals surface area contributed by atoms with Crippen LogP contribution in [-0.2, 0) is 33.4 Å². The van der Waals surface area contributed by atoms with Gasteiger partial charge < -0.3 is 5.32 Å². The second-order valence-electron chi connectivity index (χ2n) is 9.17. The van der Waals surface area contributed by atoms with Crippen molar-refractivity contribution in [3.8, 4) is 0 Å². The Morgan fingerprint density at radius 1 is 1.06 bits per heavy atom. The van der Waals surface area contributed by atoms with Crippen LogP contribution in [0.1, 0.15) is 60.9 Å². The fourth-order valence-corrected chi connectivity index (χ4v) is 6.70. The molecular formula is C25H30Cl2N2O3S. The highest BCUT2D eigenvalue weighted by atomic mass is 35.5. The molecule has 0 saturated carbocycles. The van der Waals surface area contributed by atoms with E-state index in [0.717, 1.165) is 18.4 Å². The monoisotopic (exact) mass is 508 g/mol. The molecular weight excluding hydrogens is 479 g/mol. The minimum absolute atomic E-state index is 0.0883. The van der Waals surface area contributed by atoms with Gasteiger partial charge in [0.1, 0.15) is 0 Å². The summed E-state index contributed by atoms with van der Waals surface area (Å²) in [5.74, 6) is -0.610. The standard InChI is InChI=1S/C25H30Cl2N2O3S/c1-17(20-10-9-19-5-2-3-6-21(19)14-20)28-25(30)22-7-4-12-29(15-22)33(31,32)16-18-8-11-23(26)24(27)13-18/h8-11,13-14,17,22H,2-7,12,15-16H2,1H3,(H,28,30)/t17-,22+/m1/s1. The number of amides is 1. The van der Waals surface area contributed by atoms with Crippen molar-refractivity contribution in [2.24, 2.45) is 5.92 Å². The van der Waals surface area contributed by atoms with Gasteiger partial charge in [0.25, 0.3) is 0 Å². The predicted octanol–water partition coefficient (Wildman–Crippen LogP) is 5.29. The number of nitrogens with zero attached hydrogens (tertiary/aromatic N) is 1. The Morgan fingerprint density at radius 3 is 2.58 bits per heavy atom. The molecule has 33 heavy (non-hydrogen) atoms. The van der Waals surface area contributed by atoms with E-state index in [1.807, 2.05) is 6.92 Å². The van der Waals surface area contributed by atoms with Crippen LogP contribution in [0.3, 0.4) is 0 Å². The van der Waals surface area contributed by atoms with E-state index >= 15 is 0 Å². The Morgan fingerprint density at radius 2 is 1.82 bits per heavy atom. The highest BCUT2D eigenvalue weighted by Gasteiger charge is 2.33. The third kappa shape index (κ3) is 5.91. The topological polar surface area (TPSA) is 66.5 Å². The molecule has 1 saturated heterocycles. The number of halogens is 2. The SMILES string of the molecule is C[C@@H](NC(=O)[C@H]1CCCN(S(=O)(=O)Cc2ccc(Cl)c(Cl)c2)C1)c1ccc2c(c1)CCCC2.